The van der Waals surface area contributed by atoms with Crippen LogP contribution in [0.1, 0.15) is 41.4 Å². The van der Waals surface area contributed by atoms with Crippen molar-refractivity contribution in [3.63, 3.8) is 0 Å². The van der Waals surface area contributed by atoms with Crippen molar-refractivity contribution < 1.29 is 19.2 Å². The molecule has 1 aromatic heterocycles. The third-order valence-electron chi connectivity index (χ3n) is 3.28. The molecule has 1 N–H and O–H groups in total. The van der Waals surface area contributed by atoms with E-state index in [9.17, 15) is 4.79 Å². The van der Waals surface area contributed by atoms with Crippen LogP contribution in [0.25, 0.3) is 11.3 Å². The first-order chi connectivity index (χ1) is 9.08. The molecule has 0 aliphatic carbocycles. The smallest absolute Gasteiger partial charge is 0.358 e. The number of ether oxygens (including phenoxy) is 1. The van der Waals surface area contributed by atoms with Gasteiger partial charge in [-0.1, -0.05) is 25.1 Å². The molecule has 0 amide bonds. The van der Waals surface area contributed by atoms with Gasteiger partial charge in [-0.3, -0.25) is 0 Å². The number of rotatable bonds is 2. The zero-order chi connectivity index (χ0) is 13.6. The van der Waals surface area contributed by atoms with E-state index >= 15 is 0 Å². The number of carbonyl (C=O) groups is 1. The molecule has 98 valence electrons. The highest BCUT2D eigenvalue weighted by Gasteiger charge is 2.28. The second kappa shape index (κ2) is 4.12. The second-order valence-electron chi connectivity index (χ2n) is 4.84. The summed E-state index contributed by atoms with van der Waals surface area (Å²) in [6, 6.07) is 5.86. The first kappa shape index (κ1) is 11.8. The summed E-state index contributed by atoms with van der Waals surface area (Å²) in [4.78, 5) is 11.0. The molecule has 5 nitrogen and oxygen atoms in total. The number of hydrogen-bond donors (Lipinski definition) is 1. The largest absolute Gasteiger partial charge is 0.488 e. The van der Waals surface area contributed by atoms with Gasteiger partial charge in [0.2, 0.25) is 0 Å². The minimum absolute atomic E-state index is 0.0735. The fourth-order valence-corrected chi connectivity index (χ4v) is 2.18. The molecule has 2 aromatic rings. The molecule has 1 aromatic carbocycles. The summed E-state index contributed by atoms with van der Waals surface area (Å²) in [7, 11) is 0. The van der Waals surface area contributed by atoms with Crippen LogP contribution in [-0.2, 0) is 6.61 Å². The van der Waals surface area contributed by atoms with E-state index in [1.54, 1.807) is 0 Å². The Kier molecular flexibility index (Phi) is 2.55. The number of aromatic carboxylic acids is 1. The monoisotopic (exact) mass is 259 g/mol. The lowest BCUT2D eigenvalue weighted by atomic mass is 9.96. The summed E-state index contributed by atoms with van der Waals surface area (Å²) >= 11 is 0. The minimum atomic E-state index is -1.10. The van der Waals surface area contributed by atoms with E-state index in [4.69, 9.17) is 14.4 Å². The third-order valence-corrected chi connectivity index (χ3v) is 3.28. The molecule has 3 rings (SSSR count). The van der Waals surface area contributed by atoms with E-state index in [2.05, 4.69) is 19.0 Å². The Bertz CT molecular complexity index is 657. The van der Waals surface area contributed by atoms with Gasteiger partial charge in [-0.15, -0.1) is 0 Å². The maximum absolute atomic E-state index is 11.0. The number of carboxylic acids is 1. The zero-order valence-corrected chi connectivity index (χ0v) is 10.6. The minimum Gasteiger partial charge on any atom is -0.488 e. The molecule has 0 spiro atoms. The van der Waals surface area contributed by atoms with Gasteiger partial charge in [-0.05, 0) is 23.6 Å². The first-order valence-corrected chi connectivity index (χ1v) is 6.07. The topological polar surface area (TPSA) is 72.6 Å². The van der Waals surface area contributed by atoms with Crippen molar-refractivity contribution >= 4 is 5.97 Å². The van der Waals surface area contributed by atoms with Gasteiger partial charge in [0.1, 0.15) is 12.4 Å². The fraction of sp³-hybridized carbons (Fsp3) is 0.286. The van der Waals surface area contributed by atoms with Crippen molar-refractivity contribution in [2.45, 2.75) is 26.4 Å². The second-order valence-corrected chi connectivity index (χ2v) is 4.84. The van der Waals surface area contributed by atoms with Crippen molar-refractivity contribution in [3.8, 4) is 17.1 Å². The lowest BCUT2D eigenvalue weighted by Crippen LogP contribution is -2.09. The lowest BCUT2D eigenvalue weighted by Gasteiger charge is -2.17. The highest BCUT2D eigenvalue weighted by atomic mass is 16.5. The van der Waals surface area contributed by atoms with Crippen LogP contribution in [0.2, 0.25) is 0 Å². The molecule has 0 unspecified atom stereocenters. The summed E-state index contributed by atoms with van der Waals surface area (Å²) in [6.07, 6.45) is 0. The molecular weight excluding hydrogens is 246 g/mol. The Morgan fingerprint density at radius 1 is 1.42 bits per heavy atom. The fourth-order valence-electron chi connectivity index (χ4n) is 2.18. The first-order valence-electron chi connectivity index (χ1n) is 6.07. The van der Waals surface area contributed by atoms with E-state index in [1.165, 1.54) is 0 Å². The summed E-state index contributed by atoms with van der Waals surface area (Å²) in [5.41, 5.74) is 2.34. The van der Waals surface area contributed by atoms with E-state index in [0.717, 1.165) is 11.1 Å². The van der Waals surface area contributed by atoms with Crippen LogP contribution in [0.15, 0.2) is 22.7 Å². The van der Waals surface area contributed by atoms with E-state index in [-0.39, 0.29) is 12.3 Å². The molecule has 2 heterocycles. The maximum atomic E-state index is 11.0. The predicted molar refractivity (Wildman–Crippen MR) is 67.3 cm³/mol. The molecule has 5 heteroatoms. The van der Waals surface area contributed by atoms with Crippen LogP contribution >= 0.6 is 0 Å². The average Bonchev–Trinajstić information content (AvgIpc) is 2.82. The van der Waals surface area contributed by atoms with Gasteiger partial charge >= 0.3 is 5.97 Å². The van der Waals surface area contributed by atoms with E-state index in [1.807, 2.05) is 18.2 Å². The molecule has 1 aliphatic heterocycles. The normalized spacial score (nSPS) is 12.8. The summed E-state index contributed by atoms with van der Waals surface area (Å²) in [6.45, 7) is 4.36. The van der Waals surface area contributed by atoms with Crippen molar-refractivity contribution in [3.05, 3.63) is 35.0 Å². The Morgan fingerprint density at radius 2 is 2.21 bits per heavy atom. The average molecular weight is 259 g/mol. The number of carboxylic acid groups (broad SMARTS) is 1. The summed E-state index contributed by atoms with van der Waals surface area (Å²) < 4.78 is 10.8. The van der Waals surface area contributed by atoms with Crippen LogP contribution in [0, 0.1) is 0 Å². The molecule has 0 radical (unpaired) electrons. The molecule has 0 fully saturated rings. The molecule has 0 saturated carbocycles. The van der Waals surface area contributed by atoms with Gasteiger partial charge in [0.25, 0.3) is 0 Å². The van der Waals surface area contributed by atoms with Gasteiger partial charge < -0.3 is 14.4 Å². The van der Waals surface area contributed by atoms with Crippen LogP contribution in [0.5, 0.6) is 5.75 Å². The molecular formula is C14H13NO4. The van der Waals surface area contributed by atoms with Gasteiger partial charge in [0, 0.05) is 0 Å². The lowest BCUT2D eigenvalue weighted by molar-refractivity contribution is 0.0683. The standard InChI is InChI=1S/C14H13NO4/c1-7(2)8-3-4-11-9(5-8)13-10(6-18-11)12(14(16)17)15-19-13/h3-5,7H,6H2,1-2H3,(H,16,17). The van der Waals surface area contributed by atoms with E-state index < -0.39 is 5.97 Å². The van der Waals surface area contributed by atoms with Gasteiger partial charge in [-0.25, -0.2) is 4.79 Å². The Labute approximate surface area is 109 Å². The molecule has 0 saturated heterocycles. The quantitative estimate of drug-likeness (QED) is 0.897. The zero-order valence-electron chi connectivity index (χ0n) is 10.6. The summed E-state index contributed by atoms with van der Waals surface area (Å²) in [5.74, 6) is 0.473. The van der Waals surface area contributed by atoms with Crippen molar-refractivity contribution in [1.82, 2.24) is 5.16 Å². The maximum Gasteiger partial charge on any atom is 0.358 e. The SMILES string of the molecule is CC(C)c1ccc2c(c1)-c1onc(C(=O)O)c1CO2. The van der Waals surface area contributed by atoms with Crippen LogP contribution < -0.4 is 4.74 Å². The van der Waals surface area contributed by atoms with Crippen LogP contribution in [0.3, 0.4) is 0 Å². The summed E-state index contributed by atoms with van der Waals surface area (Å²) in [5, 5.41) is 12.7. The van der Waals surface area contributed by atoms with Crippen molar-refractivity contribution in [2.24, 2.45) is 0 Å². The number of fused-ring (bicyclic) bond motifs is 3. The number of hydrogen-bond acceptors (Lipinski definition) is 4. The number of nitrogens with zero attached hydrogens (tertiary/aromatic N) is 1. The Morgan fingerprint density at radius 3 is 2.89 bits per heavy atom. The van der Waals surface area contributed by atoms with Crippen LogP contribution in [0.4, 0.5) is 0 Å². The van der Waals surface area contributed by atoms with Gasteiger partial charge in [0.05, 0.1) is 11.1 Å². The molecule has 0 bridgehead atoms. The van der Waals surface area contributed by atoms with E-state index in [0.29, 0.717) is 23.0 Å². The van der Waals surface area contributed by atoms with Crippen molar-refractivity contribution in [2.75, 3.05) is 0 Å². The number of benzene rings is 1. The Hall–Kier alpha value is -2.30. The Balaban J connectivity index is 2.17. The van der Waals surface area contributed by atoms with Crippen molar-refractivity contribution in [1.29, 1.82) is 0 Å². The highest BCUT2D eigenvalue weighted by molar-refractivity contribution is 5.90. The predicted octanol–water partition coefficient (Wildman–Crippen LogP) is 3.06. The number of aromatic nitrogens is 1. The third kappa shape index (κ3) is 1.78. The molecule has 19 heavy (non-hydrogen) atoms. The molecule has 0 atom stereocenters. The highest BCUT2D eigenvalue weighted by Crippen LogP contribution is 2.40. The van der Waals surface area contributed by atoms with Gasteiger partial charge in [-0.2, -0.15) is 0 Å². The molecule has 1 aliphatic rings. The van der Waals surface area contributed by atoms with Crippen LogP contribution in [-0.4, -0.2) is 16.2 Å². The van der Waals surface area contributed by atoms with Gasteiger partial charge in [0.15, 0.2) is 11.5 Å².